The van der Waals surface area contributed by atoms with Gasteiger partial charge in [0.25, 0.3) is 0 Å². The molecule has 3 unspecified atom stereocenters. The predicted octanol–water partition coefficient (Wildman–Crippen LogP) is 1.73. The van der Waals surface area contributed by atoms with Crippen molar-refractivity contribution in [1.82, 2.24) is 10.2 Å². The van der Waals surface area contributed by atoms with Crippen LogP contribution in [0.25, 0.3) is 0 Å². The van der Waals surface area contributed by atoms with Gasteiger partial charge in [0.15, 0.2) is 0 Å². The molecule has 0 aromatic carbocycles. The topological polar surface area (TPSA) is 24.5 Å². The van der Waals surface area contributed by atoms with Crippen LogP contribution in [0.5, 0.6) is 0 Å². The fourth-order valence-electron chi connectivity index (χ4n) is 3.50. The molecule has 3 atom stereocenters. The summed E-state index contributed by atoms with van der Waals surface area (Å²) in [5, 5.41) is 3.54. The van der Waals surface area contributed by atoms with E-state index in [-0.39, 0.29) is 0 Å². The molecule has 0 radical (unpaired) electrons. The predicted molar refractivity (Wildman–Crippen MR) is 71.2 cm³/mol. The Morgan fingerprint density at radius 2 is 2.00 bits per heavy atom. The minimum Gasteiger partial charge on any atom is -0.383 e. The molecule has 0 spiro atoms. The number of hydrogen-bond acceptors (Lipinski definition) is 3. The quantitative estimate of drug-likeness (QED) is 0.686. The normalized spacial score (nSPS) is 30.7. The van der Waals surface area contributed by atoms with Crippen LogP contribution < -0.4 is 5.32 Å². The number of nitrogens with zero attached hydrogens (tertiary/aromatic N) is 1. The third-order valence-electron chi connectivity index (χ3n) is 4.44. The molecule has 3 heteroatoms. The van der Waals surface area contributed by atoms with Crippen LogP contribution in [-0.4, -0.2) is 50.8 Å². The van der Waals surface area contributed by atoms with E-state index < -0.39 is 0 Å². The van der Waals surface area contributed by atoms with Crippen molar-refractivity contribution >= 4 is 0 Å². The van der Waals surface area contributed by atoms with Crippen molar-refractivity contribution in [2.45, 2.75) is 38.6 Å². The van der Waals surface area contributed by atoms with Crippen LogP contribution in [0.15, 0.2) is 0 Å². The number of ether oxygens (including phenoxy) is 1. The standard InChI is InChI=1S/C14H28N2O/c1-3-7-15-8-14(11-17-2)16-9-12-5-4-6-13(12)10-16/h12-15H,3-11H2,1-2H3. The Hall–Kier alpha value is -0.120. The Bertz CT molecular complexity index is 210. The lowest BCUT2D eigenvalue weighted by atomic mass is 10.0. The second-order valence-corrected chi connectivity index (χ2v) is 5.72. The molecule has 2 fully saturated rings. The van der Waals surface area contributed by atoms with E-state index in [0.717, 1.165) is 31.5 Å². The van der Waals surface area contributed by atoms with Crippen molar-refractivity contribution in [2.24, 2.45) is 11.8 Å². The van der Waals surface area contributed by atoms with Gasteiger partial charge >= 0.3 is 0 Å². The molecule has 2 aliphatic rings. The average molecular weight is 240 g/mol. The molecule has 0 aromatic heterocycles. The first-order valence-corrected chi connectivity index (χ1v) is 7.28. The number of nitrogens with one attached hydrogen (secondary N) is 1. The summed E-state index contributed by atoms with van der Waals surface area (Å²) in [6.45, 7) is 7.93. The molecule has 0 aromatic rings. The van der Waals surface area contributed by atoms with Crippen molar-refractivity contribution in [3.05, 3.63) is 0 Å². The molecule has 3 nitrogen and oxygen atoms in total. The Morgan fingerprint density at radius 3 is 2.59 bits per heavy atom. The Morgan fingerprint density at radius 1 is 1.29 bits per heavy atom. The zero-order valence-corrected chi connectivity index (χ0v) is 11.5. The van der Waals surface area contributed by atoms with Crippen molar-refractivity contribution in [1.29, 1.82) is 0 Å². The summed E-state index contributed by atoms with van der Waals surface area (Å²) < 4.78 is 5.39. The van der Waals surface area contributed by atoms with Gasteiger partial charge < -0.3 is 10.1 Å². The van der Waals surface area contributed by atoms with Crippen LogP contribution in [-0.2, 0) is 4.74 Å². The van der Waals surface area contributed by atoms with Crippen molar-refractivity contribution < 1.29 is 4.74 Å². The largest absolute Gasteiger partial charge is 0.383 e. The first-order chi connectivity index (χ1) is 8.35. The lowest BCUT2D eigenvalue weighted by molar-refractivity contribution is 0.0992. The summed E-state index contributed by atoms with van der Waals surface area (Å²) in [6, 6.07) is 0.581. The first-order valence-electron chi connectivity index (χ1n) is 7.28. The number of hydrogen-bond donors (Lipinski definition) is 1. The van der Waals surface area contributed by atoms with E-state index in [1.807, 2.05) is 7.11 Å². The van der Waals surface area contributed by atoms with Crippen molar-refractivity contribution in [2.75, 3.05) is 39.9 Å². The molecule has 1 aliphatic heterocycles. The highest BCUT2D eigenvalue weighted by Crippen LogP contribution is 2.38. The lowest BCUT2D eigenvalue weighted by Crippen LogP contribution is -2.44. The summed E-state index contributed by atoms with van der Waals surface area (Å²) in [4.78, 5) is 2.67. The first kappa shape index (κ1) is 13.3. The summed E-state index contributed by atoms with van der Waals surface area (Å²) in [7, 11) is 1.82. The van der Waals surface area contributed by atoms with Gasteiger partial charge in [0, 0.05) is 32.8 Å². The van der Waals surface area contributed by atoms with Crippen LogP contribution in [0.2, 0.25) is 0 Å². The maximum atomic E-state index is 5.39. The van der Waals surface area contributed by atoms with Gasteiger partial charge in [0.1, 0.15) is 0 Å². The van der Waals surface area contributed by atoms with E-state index in [0.29, 0.717) is 6.04 Å². The number of methoxy groups -OCH3 is 1. The summed E-state index contributed by atoms with van der Waals surface area (Å²) >= 11 is 0. The summed E-state index contributed by atoms with van der Waals surface area (Å²) in [5.74, 6) is 1.97. The SMILES string of the molecule is CCCNCC(COC)N1CC2CCCC2C1. The number of likely N-dealkylation sites (tertiary alicyclic amines) is 1. The van der Waals surface area contributed by atoms with E-state index in [2.05, 4.69) is 17.1 Å². The van der Waals surface area contributed by atoms with E-state index in [1.165, 1.54) is 38.8 Å². The van der Waals surface area contributed by atoms with E-state index in [4.69, 9.17) is 4.74 Å². The molecule has 1 N–H and O–H groups in total. The second-order valence-electron chi connectivity index (χ2n) is 5.72. The van der Waals surface area contributed by atoms with Gasteiger partial charge in [-0.3, -0.25) is 4.90 Å². The van der Waals surface area contributed by atoms with Crippen LogP contribution in [0.3, 0.4) is 0 Å². The van der Waals surface area contributed by atoms with Gasteiger partial charge in [-0.25, -0.2) is 0 Å². The Labute approximate surface area is 106 Å². The third-order valence-corrected chi connectivity index (χ3v) is 4.44. The molecule has 17 heavy (non-hydrogen) atoms. The van der Waals surface area contributed by atoms with E-state index in [9.17, 15) is 0 Å². The van der Waals surface area contributed by atoms with Crippen molar-refractivity contribution in [3.63, 3.8) is 0 Å². The number of fused-ring (bicyclic) bond motifs is 1. The maximum Gasteiger partial charge on any atom is 0.0630 e. The second kappa shape index (κ2) is 6.72. The molecule has 0 bridgehead atoms. The monoisotopic (exact) mass is 240 g/mol. The van der Waals surface area contributed by atoms with Gasteiger partial charge in [0.05, 0.1) is 6.61 Å². The molecular formula is C14H28N2O. The highest BCUT2D eigenvalue weighted by molar-refractivity contribution is 4.91. The maximum absolute atomic E-state index is 5.39. The van der Waals surface area contributed by atoms with E-state index in [1.54, 1.807) is 0 Å². The highest BCUT2D eigenvalue weighted by Gasteiger charge is 2.38. The molecular weight excluding hydrogens is 212 g/mol. The minimum atomic E-state index is 0.581. The van der Waals surface area contributed by atoms with E-state index >= 15 is 0 Å². The Kier molecular flexibility index (Phi) is 5.26. The molecule has 100 valence electrons. The number of rotatable bonds is 7. The van der Waals surface area contributed by atoms with Gasteiger partial charge in [-0.1, -0.05) is 13.3 Å². The molecule has 2 rings (SSSR count). The van der Waals surface area contributed by atoms with Gasteiger partial charge in [-0.15, -0.1) is 0 Å². The van der Waals surface area contributed by atoms with Crippen molar-refractivity contribution in [3.8, 4) is 0 Å². The van der Waals surface area contributed by atoms with Crippen LogP contribution in [0.1, 0.15) is 32.6 Å². The zero-order chi connectivity index (χ0) is 12.1. The van der Waals surface area contributed by atoms with Crippen LogP contribution in [0, 0.1) is 11.8 Å². The fourth-order valence-corrected chi connectivity index (χ4v) is 3.50. The third kappa shape index (κ3) is 3.43. The molecule has 1 heterocycles. The summed E-state index contributed by atoms with van der Waals surface area (Å²) in [5.41, 5.74) is 0. The molecule has 1 saturated carbocycles. The Balaban J connectivity index is 1.79. The highest BCUT2D eigenvalue weighted by atomic mass is 16.5. The molecule has 1 aliphatic carbocycles. The van der Waals surface area contributed by atoms with Crippen LogP contribution in [0.4, 0.5) is 0 Å². The average Bonchev–Trinajstić information content (AvgIpc) is 2.88. The minimum absolute atomic E-state index is 0.581. The zero-order valence-electron chi connectivity index (χ0n) is 11.5. The van der Waals surface area contributed by atoms with Gasteiger partial charge in [0.2, 0.25) is 0 Å². The fraction of sp³-hybridized carbons (Fsp3) is 1.00. The molecule has 0 amide bonds. The van der Waals surface area contributed by atoms with Crippen LogP contribution >= 0.6 is 0 Å². The van der Waals surface area contributed by atoms with Gasteiger partial charge in [-0.05, 0) is 37.6 Å². The van der Waals surface area contributed by atoms with Gasteiger partial charge in [-0.2, -0.15) is 0 Å². The smallest absolute Gasteiger partial charge is 0.0630 e. The lowest BCUT2D eigenvalue weighted by Gasteiger charge is -2.28. The molecule has 1 saturated heterocycles. The summed E-state index contributed by atoms with van der Waals surface area (Å²) in [6.07, 6.45) is 5.60.